The van der Waals surface area contributed by atoms with Crippen molar-refractivity contribution in [3.63, 3.8) is 0 Å². The van der Waals surface area contributed by atoms with Crippen molar-refractivity contribution < 1.29 is 51.0 Å². The zero-order valence-corrected chi connectivity index (χ0v) is 23.2. The summed E-state index contributed by atoms with van der Waals surface area (Å²) < 4.78 is 65.0. The molecule has 1 aromatic rings. The van der Waals surface area contributed by atoms with Crippen molar-refractivity contribution in [1.82, 2.24) is 21.1 Å². The fraction of sp³-hybridized carbons (Fsp3) is 0.600. The third-order valence-electron chi connectivity index (χ3n) is 6.21. The Morgan fingerprint density at radius 1 is 1.05 bits per heavy atom. The number of piperidine rings is 1. The summed E-state index contributed by atoms with van der Waals surface area (Å²) in [5.41, 5.74) is 3.50. The molecule has 2 aliphatic rings. The molecule has 0 unspecified atom stereocenters. The molecule has 1 aliphatic heterocycles. The molecular formula is C25H31ClF4N4O7. The monoisotopic (exact) mass is 610 g/mol. The summed E-state index contributed by atoms with van der Waals surface area (Å²) in [6.07, 6.45) is -6.73. The Morgan fingerprint density at radius 3 is 2.32 bits per heavy atom. The second-order valence-corrected chi connectivity index (χ2v) is 11.1. The SMILES string of the molecule is CC(C)(C)OC(=O)N1C[C@@H](NC(=O)COc2ccc(Cl)c(F)c2)CC[C@@H]1C(=O)NNC(=O)C1CC(OC(F)(F)F)C1. The Morgan fingerprint density at radius 2 is 1.71 bits per heavy atom. The van der Waals surface area contributed by atoms with E-state index in [-0.39, 0.29) is 43.0 Å². The van der Waals surface area contributed by atoms with Gasteiger partial charge in [-0.2, -0.15) is 0 Å². The van der Waals surface area contributed by atoms with Crippen LogP contribution in [-0.4, -0.2) is 72.0 Å². The van der Waals surface area contributed by atoms with Crippen LogP contribution in [0.5, 0.6) is 5.75 Å². The predicted molar refractivity (Wildman–Crippen MR) is 135 cm³/mol. The molecule has 16 heteroatoms. The number of hydrogen-bond acceptors (Lipinski definition) is 7. The lowest BCUT2D eigenvalue weighted by Gasteiger charge is -2.39. The number of nitrogens with one attached hydrogen (secondary N) is 3. The van der Waals surface area contributed by atoms with Gasteiger partial charge in [0.2, 0.25) is 5.91 Å². The Kier molecular flexibility index (Phi) is 10.3. The molecule has 1 saturated heterocycles. The van der Waals surface area contributed by atoms with Gasteiger partial charge in [-0.3, -0.25) is 34.9 Å². The van der Waals surface area contributed by atoms with Crippen LogP contribution in [0, 0.1) is 11.7 Å². The molecule has 4 amide bonds. The van der Waals surface area contributed by atoms with Crippen molar-refractivity contribution in [1.29, 1.82) is 0 Å². The van der Waals surface area contributed by atoms with Gasteiger partial charge in [-0.15, -0.1) is 13.2 Å². The molecule has 228 valence electrons. The maximum atomic E-state index is 13.6. The first-order chi connectivity index (χ1) is 19.0. The lowest BCUT2D eigenvalue weighted by Crippen LogP contribution is -2.61. The van der Waals surface area contributed by atoms with E-state index >= 15 is 0 Å². The molecule has 11 nitrogen and oxygen atoms in total. The molecule has 0 radical (unpaired) electrons. The highest BCUT2D eigenvalue weighted by Crippen LogP contribution is 2.34. The molecule has 0 aromatic heterocycles. The Balaban J connectivity index is 1.54. The van der Waals surface area contributed by atoms with Crippen molar-refractivity contribution in [2.75, 3.05) is 13.2 Å². The standard InChI is InChI=1S/C25H31ClF4N4O7/c1-24(2,3)41-23(38)34-11-14(31-20(35)12-39-15-5-6-17(26)18(27)10-15)4-7-19(34)22(37)33-32-21(36)13-8-16(9-13)40-25(28,29)30/h5-6,10,13-14,16,19H,4,7-9,11-12H2,1-3H3,(H,31,35)(H,32,36)(H,33,37)/t13?,14-,16?,19+/m0/s1. The fourth-order valence-electron chi connectivity index (χ4n) is 4.24. The normalized spacial score (nSPS) is 22.7. The van der Waals surface area contributed by atoms with Crippen LogP contribution in [0.4, 0.5) is 22.4 Å². The number of hydrazine groups is 1. The molecule has 2 fully saturated rings. The number of halogens is 5. The lowest BCUT2D eigenvalue weighted by atomic mass is 9.82. The van der Waals surface area contributed by atoms with Crippen LogP contribution in [0.15, 0.2) is 18.2 Å². The first kappa shape index (κ1) is 32.2. The van der Waals surface area contributed by atoms with Crippen molar-refractivity contribution in [2.45, 2.75) is 76.6 Å². The topological polar surface area (TPSA) is 135 Å². The van der Waals surface area contributed by atoms with E-state index in [0.717, 1.165) is 11.0 Å². The average molecular weight is 611 g/mol. The third kappa shape index (κ3) is 9.92. The zero-order chi connectivity index (χ0) is 30.5. The highest BCUT2D eigenvalue weighted by atomic mass is 35.5. The number of amides is 4. The maximum Gasteiger partial charge on any atom is 0.522 e. The van der Waals surface area contributed by atoms with E-state index in [1.807, 2.05) is 0 Å². The summed E-state index contributed by atoms with van der Waals surface area (Å²) in [6, 6.07) is 2.05. The van der Waals surface area contributed by atoms with E-state index in [1.165, 1.54) is 12.1 Å². The van der Waals surface area contributed by atoms with Crippen LogP contribution < -0.4 is 20.9 Å². The largest absolute Gasteiger partial charge is 0.522 e. The van der Waals surface area contributed by atoms with E-state index in [9.17, 15) is 36.7 Å². The molecule has 3 rings (SSSR count). The number of alkyl halides is 3. The van der Waals surface area contributed by atoms with E-state index in [4.69, 9.17) is 21.1 Å². The highest BCUT2D eigenvalue weighted by molar-refractivity contribution is 6.30. The quantitative estimate of drug-likeness (QED) is 0.319. The van der Waals surface area contributed by atoms with E-state index in [1.54, 1.807) is 20.8 Å². The lowest BCUT2D eigenvalue weighted by molar-refractivity contribution is -0.353. The van der Waals surface area contributed by atoms with Gasteiger partial charge in [0, 0.05) is 24.6 Å². The Hall–Kier alpha value is -3.33. The van der Waals surface area contributed by atoms with Crippen molar-refractivity contribution >= 4 is 35.4 Å². The second kappa shape index (κ2) is 13.1. The summed E-state index contributed by atoms with van der Waals surface area (Å²) in [5, 5.41) is 2.60. The maximum absolute atomic E-state index is 13.6. The number of carbonyl (C=O) groups excluding carboxylic acids is 4. The molecule has 41 heavy (non-hydrogen) atoms. The van der Waals surface area contributed by atoms with Gasteiger partial charge < -0.3 is 14.8 Å². The molecule has 1 aliphatic carbocycles. The number of rotatable bonds is 7. The van der Waals surface area contributed by atoms with Crippen LogP contribution in [0.1, 0.15) is 46.5 Å². The Bertz CT molecular complexity index is 1140. The summed E-state index contributed by atoms with van der Waals surface area (Å²) in [5.74, 6) is -3.39. The van der Waals surface area contributed by atoms with E-state index < -0.39 is 72.3 Å². The number of hydrogen-bond donors (Lipinski definition) is 3. The van der Waals surface area contributed by atoms with Gasteiger partial charge in [-0.1, -0.05) is 11.6 Å². The molecule has 2 atom stereocenters. The molecule has 1 saturated carbocycles. The fourth-order valence-corrected chi connectivity index (χ4v) is 4.36. The van der Waals surface area contributed by atoms with Crippen molar-refractivity contribution in [3.8, 4) is 5.75 Å². The van der Waals surface area contributed by atoms with Crippen LogP contribution in [0.2, 0.25) is 5.02 Å². The number of benzene rings is 1. The van der Waals surface area contributed by atoms with Gasteiger partial charge in [0.1, 0.15) is 23.2 Å². The number of nitrogens with zero attached hydrogens (tertiary/aromatic N) is 1. The van der Waals surface area contributed by atoms with Gasteiger partial charge >= 0.3 is 12.5 Å². The van der Waals surface area contributed by atoms with E-state index in [2.05, 4.69) is 20.9 Å². The molecule has 1 aromatic carbocycles. The molecule has 3 N–H and O–H groups in total. The summed E-state index contributed by atoms with van der Waals surface area (Å²) in [7, 11) is 0. The number of likely N-dealkylation sites (tertiary alicyclic amines) is 1. The van der Waals surface area contributed by atoms with Crippen LogP contribution in [-0.2, 0) is 23.9 Å². The van der Waals surface area contributed by atoms with Crippen molar-refractivity contribution in [3.05, 3.63) is 29.0 Å². The van der Waals surface area contributed by atoms with Gasteiger partial charge in [-0.05, 0) is 58.6 Å². The van der Waals surface area contributed by atoms with E-state index in [0.29, 0.717) is 0 Å². The zero-order valence-electron chi connectivity index (χ0n) is 22.5. The number of ether oxygens (including phenoxy) is 3. The van der Waals surface area contributed by atoms with Gasteiger partial charge in [0.15, 0.2) is 6.61 Å². The minimum atomic E-state index is -4.80. The minimum absolute atomic E-state index is 0.0834. The highest BCUT2D eigenvalue weighted by Gasteiger charge is 2.43. The average Bonchev–Trinajstić information content (AvgIpc) is 2.83. The molecule has 0 bridgehead atoms. The summed E-state index contributed by atoms with van der Waals surface area (Å²) in [6.45, 7) is 4.34. The van der Waals surface area contributed by atoms with Gasteiger partial charge in [0.25, 0.3) is 11.8 Å². The van der Waals surface area contributed by atoms with Gasteiger partial charge in [0.05, 0.1) is 11.1 Å². The predicted octanol–water partition coefficient (Wildman–Crippen LogP) is 3.20. The van der Waals surface area contributed by atoms with Crippen LogP contribution >= 0.6 is 11.6 Å². The molecule has 0 spiro atoms. The van der Waals surface area contributed by atoms with Crippen LogP contribution in [0.25, 0.3) is 0 Å². The second-order valence-electron chi connectivity index (χ2n) is 10.7. The Labute approximate surface area is 238 Å². The minimum Gasteiger partial charge on any atom is -0.484 e. The first-order valence-corrected chi connectivity index (χ1v) is 13.1. The smallest absolute Gasteiger partial charge is 0.484 e. The van der Waals surface area contributed by atoms with Gasteiger partial charge in [-0.25, -0.2) is 9.18 Å². The molecular weight excluding hydrogens is 580 g/mol. The molecule has 1 heterocycles. The van der Waals surface area contributed by atoms with Crippen LogP contribution in [0.3, 0.4) is 0 Å². The third-order valence-corrected chi connectivity index (χ3v) is 6.52. The summed E-state index contributed by atoms with van der Waals surface area (Å²) in [4.78, 5) is 51.6. The first-order valence-electron chi connectivity index (χ1n) is 12.7. The summed E-state index contributed by atoms with van der Waals surface area (Å²) >= 11 is 5.63. The number of carbonyl (C=O) groups is 4. The van der Waals surface area contributed by atoms with Crippen molar-refractivity contribution in [2.24, 2.45) is 5.92 Å².